The summed E-state index contributed by atoms with van der Waals surface area (Å²) >= 11 is 0. The molecular formula is C23H28N4O. The van der Waals surface area contributed by atoms with Gasteiger partial charge in [0.05, 0.1) is 23.4 Å². The van der Waals surface area contributed by atoms with Crippen molar-refractivity contribution in [1.29, 1.82) is 0 Å². The van der Waals surface area contributed by atoms with E-state index in [-0.39, 0.29) is 11.9 Å². The quantitative estimate of drug-likeness (QED) is 0.734. The molecule has 1 amide bonds. The Hall–Kier alpha value is -2.66. The largest absolute Gasteiger partial charge is 0.350 e. The van der Waals surface area contributed by atoms with E-state index in [1.165, 1.54) is 31.2 Å². The number of likely N-dealkylation sites (tertiary alicyclic amines) is 1. The van der Waals surface area contributed by atoms with Crippen molar-refractivity contribution in [2.45, 2.75) is 31.7 Å². The first-order chi connectivity index (χ1) is 13.7. The van der Waals surface area contributed by atoms with E-state index in [1.807, 2.05) is 35.9 Å². The standard InChI is InChI=1S/C23H28N4O/c1-26-17-25-20-15-19(11-12-21(20)26)23(28)24-16-22(18-9-5-4-6-10-18)27-13-7-2-3-8-14-27/h4-6,9-12,15,17,22H,2-3,7-8,13-14,16H2,1H3,(H,24,28)/t22-/m0/s1. The minimum atomic E-state index is -0.0386. The molecular weight excluding hydrogens is 348 g/mol. The second kappa shape index (κ2) is 8.57. The first kappa shape index (κ1) is 18.7. The molecule has 5 heteroatoms. The van der Waals surface area contributed by atoms with Gasteiger partial charge in [-0.1, -0.05) is 43.2 Å². The number of carbonyl (C=O) groups excluding carboxylic acids is 1. The third-order valence-corrected chi connectivity index (χ3v) is 5.71. The van der Waals surface area contributed by atoms with Gasteiger partial charge in [-0.15, -0.1) is 0 Å². The molecule has 0 bridgehead atoms. The van der Waals surface area contributed by atoms with Gasteiger partial charge < -0.3 is 9.88 Å². The van der Waals surface area contributed by atoms with E-state index in [0.717, 1.165) is 24.1 Å². The topological polar surface area (TPSA) is 50.2 Å². The van der Waals surface area contributed by atoms with Gasteiger partial charge in [0.15, 0.2) is 0 Å². The number of hydrogen-bond acceptors (Lipinski definition) is 3. The van der Waals surface area contributed by atoms with Crippen LogP contribution in [0, 0.1) is 0 Å². The summed E-state index contributed by atoms with van der Waals surface area (Å²) in [4.78, 5) is 19.7. The number of nitrogens with zero attached hydrogens (tertiary/aromatic N) is 3. The number of amides is 1. The van der Waals surface area contributed by atoms with Gasteiger partial charge >= 0.3 is 0 Å². The maximum atomic E-state index is 12.8. The molecule has 1 aliphatic rings. The Morgan fingerprint density at radius 2 is 1.82 bits per heavy atom. The molecule has 1 aliphatic heterocycles. The molecule has 2 heterocycles. The van der Waals surface area contributed by atoms with Crippen molar-refractivity contribution in [2.24, 2.45) is 7.05 Å². The van der Waals surface area contributed by atoms with Crippen LogP contribution in [0.15, 0.2) is 54.9 Å². The summed E-state index contributed by atoms with van der Waals surface area (Å²) in [6.07, 6.45) is 6.83. The Morgan fingerprint density at radius 1 is 1.07 bits per heavy atom. The van der Waals surface area contributed by atoms with Crippen molar-refractivity contribution in [3.05, 3.63) is 66.0 Å². The van der Waals surface area contributed by atoms with Crippen LogP contribution in [0.25, 0.3) is 11.0 Å². The number of hydrogen-bond donors (Lipinski definition) is 1. The van der Waals surface area contributed by atoms with Gasteiger partial charge in [-0.25, -0.2) is 4.98 Å². The van der Waals surface area contributed by atoms with Gasteiger partial charge in [-0.3, -0.25) is 9.69 Å². The zero-order valence-corrected chi connectivity index (χ0v) is 16.5. The lowest BCUT2D eigenvalue weighted by atomic mass is 10.0. The Morgan fingerprint density at radius 3 is 2.57 bits per heavy atom. The van der Waals surface area contributed by atoms with E-state index < -0.39 is 0 Å². The molecule has 28 heavy (non-hydrogen) atoms. The number of fused-ring (bicyclic) bond motifs is 1. The Kier molecular flexibility index (Phi) is 5.72. The van der Waals surface area contributed by atoms with E-state index >= 15 is 0 Å². The third kappa shape index (κ3) is 4.09. The molecule has 1 aromatic heterocycles. The average Bonchev–Trinajstić information content (AvgIpc) is 2.93. The SMILES string of the molecule is Cn1cnc2cc(C(=O)NC[C@@H](c3ccccc3)N3CCCCCC3)ccc21. The zero-order valence-electron chi connectivity index (χ0n) is 16.5. The fourth-order valence-electron chi connectivity index (χ4n) is 4.11. The van der Waals surface area contributed by atoms with Crippen molar-refractivity contribution in [3.8, 4) is 0 Å². The highest BCUT2D eigenvalue weighted by atomic mass is 16.1. The Balaban J connectivity index is 1.50. The van der Waals surface area contributed by atoms with Gasteiger partial charge in [-0.05, 0) is 49.7 Å². The number of imidazole rings is 1. The molecule has 1 saturated heterocycles. The van der Waals surface area contributed by atoms with Crippen molar-refractivity contribution >= 4 is 16.9 Å². The number of benzene rings is 2. The van der Waals surface area contributed by atoms with Crippen LogP contribution >= 0.6 is 0 Å². The zero-order chi connectivity index (χ0) is 19.3. The predicted molar refractivity (Wildman–Crippen MR) is 112 cm³/mol. The molecule has 5 nitrogen and oxygen atoms in total. The summed E-state index contributed by atoms with van der Waals surface area (Å²) in [5.41, 5.74) is 3.81. The van der Waals surface area contributed by atoms with Crippen molar-refractivity contribution in [2.75, 3.05) is 19.6 Å². The molecule has 3 aromatic rings. The molecule has 0 spiro atoms. The van der Waals surface area contributed by atoms with Crippen molar-refractivity contribution < 1.29 is 4.79 Å². The van der Waals surface area contributed by atoms with Crippen LogP contribution in [0.3, 0.4) is 0 Å². The van der Waals surface area contributed by atoms with Crippen LogP contribution in [0.2, 0.25) is 0 Å². The fourth-order valence-corrected chi connectivity index (χ4v) is 4.11. The lowest BCUT2D eigenvalue weighted by Gasteiger charge is -2.31. The average molecular weight is 377 g/mol. The minimum absolute atomic E-state index is 0.0386. The molecule has 1 atom stereocenters. The molecule has 146 valence electrons. The van der Waals surface area contributed by atoms with Crippen LogP contribution in [0.4, 0.5) is 0 Å². The number of aryl methyl sites for hydroxylation is 1. The summed E-state index contributed by atoms with van der Waals surface area (Å²) in [6, 6.07) is 16.5. The van der Waals surface area contributed by atoms with E-state index in [4.69, 9.17) is 0 Å². The second-order valence-corrected chi connectivity index (χ2v) is 7.65. The van der Waals surface area contributed by atoms with Crippen LogP contribution in [0.1, 0.15) is 47.6 Å². The highest BCUT2D eigenvalue weighted by molar-refractivity contribution is 5.97. The number of carbonyl (C=O) groups is 1. The fraction of sp³-hybridized carbons (Fsp3) is 0.391. The van der Waals surface area contributed by atoms with Gasteiger partial charge in [0.1, 0.15) is 0 Å². The summed E-state index contributed by atoms with van der Waals surface area (Å²) in [5, 5.41) is 3.17. The molecule has 0 aliphatic carbocycles. The smallest absolute Gasteiger partial charge is 0.251 e. The van der Waals surface area contributed by atoms with E-state index in [0.29, 0.717) is 12.1 Å². The number of rotatable bonds is 5. The van der Waals surface area contributed by atoms with Gasteiger partial charge in [0.2, 0.25) is 0 Å². The van der Waals surface area contributed by atoms with Crippen LogP contribution in [-0.4, -0.2) is 40.0 Å². The van der Waals surface area contributed by atoms with E-state index in [1.54, 1.807) is 6.33 Å². The van der Waals surface area contributed by atoms with Crippen molar-refractivity contribution in [3.63, 3.8) is 0 Å². The molecule has 1 N–H and O–H groups in total. The summed E-state index contributed by atoms with van der Waals surface area (Å²) in [5.74, 6) is -0.0386. The second-order valence-electron chi connectivity index (χ2n) is 7.65. The van der Waals surface area contributed by atoms with E-state index in [2.05, 4.69) is 39.5 Å². The van der Waals surface area contributed by atoms with Gasteiger partial charge in [0.25, 0.3) is 5.91 Å². The molecule has 0 radical (unpaired) electrons. The first-order valence-electron chi connectivity index (χ1n) is 10.2. The molecule has 2 aromatic carbocycles. The summed E-state index contributed by atoms with van der Waals surface area (Å²) in [7, 11) is 1.96. The number of aromatic nitrogens is 2. The Labute approximate surface area is 166 Å². The van der Waals surface area contributed by atoms with Crippen LogP contribution < -0.4 is 5.32 Å². The lowest BCUT2D eigenvalue weighted by Crippen LogP contribution is -2.38. The molecule has 4 rings (SSSR count). The molecule has 1 fully saturated rings. The van der Waals surface area contributed by atoms with E-state index in [9.17, 15) is 4.79 Å². The van der Waals surface area contributed by atoms with Crippen LogP contribution in [-0.2, 0) is 7.05 Å². The highest BCUT2D eigenvalue weighted by Gasteiger charge is 2.22. The maximum absolute atomic E-state index is 12.8. The summed E-state index contributed by atoms with van der Waals surface area (Å²) < 4.78 is 1.96. The number of nitrogens with one attached hydrogen (secondary N) is 1. The normalized spacial score (nSPS) is 16.6. The Bertz CT molecular complexity index is 926. The highest BCUT2D eigenvalue weighted by Crippen LogP contribution is 2.24. The van der Waals surface area contributed by atoms with Gasteiger partial charge in [-0.2, -0.15) is 0 Å². The maximum Gasteiger partial charge on any atom is 0.251 e. The monoisotopic (exact) mass is 376 g/mol. The lowest BCUT2D eigenvalue weighted by molar-refractivity contribution is 0.0933. The predicted octanol–water partition coefficient (Wildman–Crippen LogP) is 3.92. The van der Waals surface area contributed by atoms with Crippen molar-refractivity contribution in [1.82, 2.24) is 19.8 Å². The third-order valence-electron chi connectivity index (χ3n) is 5.71. The molecule has 0 unspecified atom stereocenters. The first-order valence-corrected chi connectivity index (χ1v) is 10.2. The summed E-state index contributed by atoms with van der Waals surface area (Å²) in [6.45, 7) is 2.80. The van der Waals surface area contributed by atoms with Gasteiger partial charge in [0, 0.05) is 19.2 Å². The van der Waals surface area contributed by atoms with Crippen LogP contribution in [0.5, 0.6) is 0 Å². The minimum Gasteiger partial charge on any atom is -0.350 e. The molecule has 0 saturated carbocycles.